The van der Waals surface area contributed by atoms with Gasteiger partial charge in [0.1, 0.15) is 0 Å². The average Bonchev–Trinajstić information content (AvgIpc) is 2.73. The third-order valence-electron chi connectivity index (χ3n) is 2.24. The van der Waals surface area contributed by atoms with Crippen molar-refractivity contribution < 1.29 is 9.47 Å². The SMILES string of the molecule is CCCOCCOCCNCc1ccc(C)s1. The van der Waals surface area contributed by atoms with Crippen molar-refractivity contribution >= 4 is 11.3 Å². The van der Waals surface area contributed by atoms with Crippen molar-refractivity contribution in [2.24, 2.45) is 0 Å². The Morgan fingerprint density at radius 1 is 1.12 bits per heavy atom. The number of rotatable bonds is 10. The van der Waals surface area contributed by atoms with E-state index in [0.29, 0.717) is 13.2 Å². The minimum atomic E-state index is 0.694. The molecule has 1 N–H and O–H groups in total. The Morgan fingerprint density at radius 2 is 1.88 bits per heavy atom. The standard InChI is InChI=1S/C13H23NO2S/c1-3-7-15-9-10-16-8-6-14-11-13-5-4-12(2)17-13/h4-5,14H,3,6-11H2,1-2H3. The highest BCUT2D eigenvalue weighted by Crippen LogP contribution is 2.14. The van der Waals surface area contributed by atoms with E-state index >= 15 is 0 Å². The Kier molecular flexibility index (Phi) is 8.26. The molecular weight excluding hydrogens is 234 g/mol. The van der Waals surface area contributed by atoms with E-state index in [1.54, 1.807) is 0 Å². The van der Waals surface area contributed by atoms with Crippen molar-refractivity contribution in [3.8, 4) is 0 Å². The molecule has 0 aliphatic heterocycles. The van der Waals surface area contributed by atoms with E-state index in [9.17, 15) is 0 Å². The van der Waals surface area contributed by atoms with Gasteiger partial charge >= 0.3 is 0 Å². The van der Waals surface area contributed by atoms with Crippen molar-refractivity contribution in [1.29, 1.82) is 0 Å². The molecule has 17 heavy (non-hydrogen) atoms. The van der Waals surface area contributed by atoms with Crippen LogP contribution in [0.2, 0.25) is 0 Å². The van der Waals surface area contributed by atoms with Gasteiger partial charge in [-0.25, -0.2) is 0 Å². The van der Waals surface area contributed by atoms with E-state index < -0.39 is 0 Å². The van der Waals surface area contributed by atoms with E-state index in [1.165, 1.54) is 9.75 Å². The van der Waals surface area contributed by atoms with Gasteiger partial charge in [0.05, 0.1) is 19.8 Å². The van der Waals surface area contributed by atoms with Crippen molar-refractivity contribution in [2.45, 2.75) is 26.8 Å². The maximum Gasteiger partial charge on any atom is 0.0701 e. The third kappa shape index (κ3) is 7.49. The molecule has 0 aliphatic rings. The molecule has 0 saturated carbocycles. The first-order chi connectivity index (χ1) is 8.33. The Balaban J connectivity index is 1.84. The molecule has 4 heteroatoms. The molecule has 0 aliphatic carbocycles. The first-order valence-electron chi connectivity index (χ1n) is 6.24. The molecule has 0 saturated heterocycles. The first kappa shape index (κ1) is 14.6. The van der Waals surface area contributed by atoms with E-state index in [4.69, 9.17) is 9.47 Å². The monoisotopic (exact) mass is 257 g/mol. The number of hydrogen-bond acceptors (Lipinski definition) is 4. The predicted octanol–water partition coefficient (Wildman–Crippen LogP) is 2.59. The maximum absolute atomic E-state index is 5.44. The fourth-order valence-electron chi connectivity index (χ4n) is 1.40. The number of nitrogens with one attached hydrogen (secondary N) is 1. The number of aryl methyl sites for hydroxylation is 1. The van der Waals surface area contributed by atoms with Crippen LogP contribution in [0.25, 0.3) is 0 Å². The molecule has 0 bridgehead atoms. The fourth-order valence-corrected chi connectivity index (χ4v) is 2.26. The third-order valence-corrected chi connectivity index (χ3v) is 3.24. The summed E-state index contributed by atoms with van der Waals surface area (Å²) < 4.78 is 10.8. The van der Waals surface area contributed by atoms with Crippen LogP contribution in [0.3, 0.4) is 0 Å². The summed E-state index contributed by atoms with van der Waals surface area (Å²) in [4.78, 5) is 2.75. The van der Waals surface area contributed by atoms with Gasteiger partial charge in [-0.05, 0) is 25.5 Å². The van der Waals surface area contributed by atoms with Crippen molar-refractivity contribution in [3.05, 3.63) is 21.9 Å². The average molecular weight is 257 g/mol. The Hall–Kier alpha value is -0.420. The minimum Gasteiger partial charge on any atom is -0.379 e. The normalized spacial score (nSPS) is 10.9. The van der Waals surface area contributed by atoms with Crippen molar-refractivity contribution in [1.82, 2.24) is 5.32 Å². The maximum atomic E-state index is 5.44. The van der Waals surface area contributed by atoms with E-state index in [-0.39, 0.29) is 0 Å². The topological polar surface area (TPSA) is 30.5 Å². The molecular formula is C13H23NO2S. The fraction of sp³-hybridized carbons (Fsp3) is 0.692. The molecule has 1 aromatic rings. The second kappa shape index (κ2) is 9.59. The quantitative estimate of drug-likeness (QED) is 0.654. The Labute approximate surface area is 108 Å². The molecule has 1 heterocycles. The van der Waals surface area contributed by atoms with E-state index in [2.05, 4.69) is 31.3 Å². The van der Waals surface area contributed by atoms with Gasteiger partial charge in [-0.3, -0.25) is 0 Å². The molecule has 0 amide bonds. The van der Waals surface area contributed by atoms with Crippen LogP contribution in [0.15, 0.2) is 12.1 Å². The van der Waals surface area contributed by atoms with Gasteiger partial charge in [-0.2, -0.15) is 0 Å². The summed E-state index contributed by atoms with van der Waals surface area (Å²) >= 11 is 1.84. The molecule has 0 spiro atoms. The molecule has 1 aromatic heterocycles. The lowest BCUT2D eigenvalue weighted by Gasteiger charge is -2.05. The summed E-state index contributed by atoms with van der Waals surface area (Å²) in [5, 5.41) is 3.36. The first-order valence-corrected chi connectivity index (χ1v) is 7.06. The summed E-state index contributed by atoms with van der Waals surface area (Å²) in [5.74, 6) is 0. The number of hydrogen-bond donors (Lipinski definition) is 1. The molecule has 98 valence electrons. The van der Waals surface area contributed by atoms with Crippen LogP contribution in [0.4, 0.5) is 0 Å². The van der Waals surface area contributed by atoms with Crippen molar-refractivity contribution in [3.63, 3.8) is 0 Å². The van der Waals surface area contributed by atoms with Crippen LogP contribution >= 0.6 is 11.3 Å². The lowest BCUT2D eigenvalue weighted by Crippen LogP contribution is -2.19. The largest absolute Gasteiger partial charge is 0.379 e. The zero-order valence-electron chi connectivity index (χ0n) is 10.8. The van der Waals surface area contributed by atoms with E-state index in [0.717, 1.165) is 32.7 Å². The van der Waals surface area contributed by atoms with Gasteiger partial charge in [-0.1, -0.05) is 6.92 Å². The lowest BCUT2D eigenvalue weighted by atomic mass is 10.4. The highest BCUT2D eigenvalue weighted by Gasteiger charge is 1.95. The summed E-state index contributed by atoms with van der Waals surface area (Å²) in [5.41, 5.74) is 0. The van der Waals surface area contributed by atoms with Crippen LogP contribution < -0.4 is 5.32 Å². The minimum absolute atomic E-state index is 0.694. The summed E-state index contributed by atoms with van der Waals surface area (Å²) in [7, 11) is 0. The van der Waals surface area contributed by atoms with Gasteiger partial charge < -0.3 is 14.8 Å². The predicted molar refractivity (Wildman–Crippen MR) is 72.7 cm³/mol. The van der Waals surface area contributed by atoms with Crippen molar-refractivity contribution in [2.75, 3.05) is 33.0 Å². The molecule has 0 fully saturated rings. The Bertz CT molecular complexity index is 289. The molecule has 0 atom stereocenters. The van der Waals surface area contributed by atoms with Gasteiger partial charge in [0.25, 0.3) is 0 Å². The smallest absolute Gasteiger partial charge is 0.0701 e. The number of thiophene rings is 1. The second-order valence-electron chi connectivity index (χ2n) is 3.91. The van der Waals surface area contributed by atoms with Crippen LogP contribution in [0.1, 0.15) is 23.1 Å². The molecule has 0 aromatic carbocycles. The van der Waals surface area contributed by atoms with Gasteiger partial charge in [0.2, 0.25) is 0 Å². The Morgan fingerprint density at radius 3 is 2.53 bits per heavy atom. The lowest BCUT2D eigenvalue weighted by molar-refractivity contribution is 0.0490. The van der Waals surface area contributed by atoms with Crippen LogP contribution in [0.5, 0.6) is 0 Å². The second-order valence-corrected chi connectivity index (χ2v) is 5.29. The number of ether oxygens (including phenoxy) is 2. The van der Waals surface area contributed by atoms with E-state index in [1.807, 2.05) is 11.3 Å². The van der Waals surface area contributed by atoms with Gasteiger partial charge in [0.15, 0.2) is 0 Å². The summed E-state index contributed by atoms with van der Waals surface area (Å²) in [6, 6.07) is 4.33. The molecule has 0 unspecified atom stereocenters. The zero-order valence-corrected chi connectivity index (χ0v) is 11.6. The molecule has 3 nitrogen and oxygen atoms in total. The van der Waals surface area contributed by atoms with Gasteiger partial charge in [0, 0.05) is 29.5 Å². The van der Waals surface area contributed by atoms with Crippen LogP contribution in [-0.4, -0.2) is 33.0 Å². The van der Waals surface area contributed by atoms with Crippen LogP contribution in [0, 0.1) is 6.92 Å². The highest BCUT2D eigenvalue weighted by molar-refractivity contribution is 7.11. The summed E-state index contributed by atoms with van der Waals surface area (Å²) in [6.45, 7) is 9.06. The summed E-state index contributed by atoms with van der Waals surface area (Å²) in [6.07, 6.45) is 1.07. The highest BCUT2D eigenvalue weighted by atomic mass is 32.1. The molecule has 1 rings (SSSR count). The van der Waals surface area contributed by atoms with Gasteiger partial charge in [-0.15, -0.1) is 11.3 Å². The molecule has 0 radical (unpaired) electrons. The van der Waals surface area contributed by atoms with Crippen LogP contribution in [-0.2, 0) is 16.0 Å². The zero-order chi connectivity index (χ0) is 12.3.